The predicted molar refractivity (Wildman–Crippen MR) is 75.9 cm³/mol. The van der Waals surface area contributed by atoms with Crippen LogP contribution < -0.4 is 4.74 Å². The summed E-state index contributed by atoms with van der Waals surface area (Å²) in [6, 6.07) is 9.20. The minimum Gasteiger partial charge on any atom is -0.496 e. The molecule has 2 aromatic carbocycles. The molecule has 21 heavy (non-hydrogen) atoms. The maximum absolute atomic E-state index is 13.3. The molecule has 0 atom stereocenters. The van der Waals surface area contributed by atoms with Crippen LogP contribution in [0.1, 0.15) is 15.9 Å². The summed E-state index contributed by atoms with van der Waals surface area (Å²) >= 11 is 0. The van der Waals surface area contributed by atoms with Crippen LogP contribution in [0, 0.1) is 5.82 Å². The first-order valence-electron chi connectivity index (χ1n) is 6.01. The van der Waals surface area contributed by atoms with Crippen LogP contribution in [0.5, 0.6) is 5.75 Å². The van der Waals surface area contributed by atoms with Gasteiger partial charge in [0.1, 0.15) is 11.6 Å². The summed E-state index contributed by atoms with van der Waals surface area (Å²) in [5, 5.41) is 0. The summed E-state index contributed by atoms with van der Waals surface area (Å²) in [5.41, 5.74) is 0.199. The van der Waals surface area contributed by atoms with E-state index < -0.39 is 21.4 Å². The van der Waals surface area contributed by atoms with Gasteiger partial charge < -0.3 is 4.74 Å². The molecule has 0 spiro atoms. The molecule has 0 bridgehead atoms. The van der Waals surface area contributed by atoms with Gasteiger partial charge in [0.05, 0.1) is 17.6 Å². The summed E-state index contributed by atoms with van der Waals surface area (Å²) in [6.07, 6.45) is 1.05. The fourth-order valence-electron chi connectivity index (χ4n) is 1.88. The summed E-state index contributed by atoms with van der Waals surface area (Å²) in [7, 11) is -2.05. The van der Waals surface area contributed by atoms with Crippen LogP contribution in [0.25, 0.3) is 0 Å². The van der Waals surface area contributed by atoms with E-state index >= 15 is 0 Å². The zero-order valence-corrected chi connectivity index (χ0v) is 12.3. The number of rotatable bonds is 4. The minimum atomic E-state index is -3.42. The number of carbonyl (C=O) groups excluding carboxylic acids is 1. The zero-order chi connectivity index (χ0) is 15.6. The molecule has 0 aliphatic heterocycles. The van der Waals surface area contributed by atoms with Crippen molar-refractivity contribution >= 4 is 15.6 Å². The Morgan fingerprint density at radius 1 is 1.14 bits per heavy atom. The molecule has 0 amide bonds. The molecule has 0 N–H and O–H groups in total. The number of methoxy groups -OCH3 is 1. The van der Waals surface area contributed by atoms with Gasteiger partial charge in [-0.2, -0.15) is 0 Å². The molecule has 0 heterocycles. The van der Waals surface area contributed by atoms with Crippen molar-refractivity contribution in [1.29, 1.82) is 0 Å². The molecule has 6 heteroatoms. The van der Waals surface area contributed by atoms with Crippen molar-refractivity contribution in [1.82, 2.24) is 0 Å². The predicted octanol–water partition coefficient (Wildman–Crippen LogP) is 2.47. The third-order valence-electron chi connectivity index (χ3n) is 2.93. The van der Waals surface area contributed by atoms with Gasteiger partial charge in [-0.05, 0) is 30.3 Å². The van der Waals surface area contributed by atoms with E-state index in [-0.39, 0.29) is 21.8 Å². The van der Waals surface area contributed by atoms with Crippen LogP contribution in [0.2, 0.25) is 0 Å². The summed E-state index contributed by atoms with van der Waals surface area (Å²) in [6.45, 7) is 0. The highest BCUT2D eigenvalue weighted by Gasteiger charge is 2.17. The van der Waals surface area contributed by atoms with Crippen molar-refractivity contribution in [3.8, 4) is 5.75 Å². The third kappa shape index (κ3) is 3.28. The first kappa shape index (κ1) is 15.2. The van der Waals surface area contributed by atoms with E-state index in [0.29, 0.717) is 0 Å². The first-order chi connectivity index (χ1) is 9.82. The lowest BCUT2D eigenvalue weighted by Crippen LogP contribution is -2.06. The number of hydrogen-bond donors (Lipinski definition) is 0. The van der Waals surface area contributed by atoms with Crippen LogP contribution >= 0.6 is 0 Å². The van der Waals surface area contributed by atoms with Gasteiger partial charge in [-0.1, -0.05) is 12.1 Å². The van der Waals surface area contributed by atoms with Crippen LogP contribution in [0.15, 0.2) is 47.4 Å². The van der Waals surface area contributed by atoms with Crippen molar-refractivity contribution < 1.29 is 22.3 Å². The van der Waals surface area contributed by atoms with Gasteiger partial charge in [0.15, 0.2) is 15.6 Å². The summed E-state index contributed by atoms with van der Waals surface area (Å²) < 4.78 is 41.4. The van der Waals surface area contributed by atoms with E-state index in [4.69, 9.17) is 4.74 Å². The summed E-state index contributed by atoms with van der Waals surface area (Å²) in [4.78, 5) is 12.4. The van der Waals surface area contributed by atoms with Crippen molar-refractivity contribution in [2.45, 2.75) is 4.90 Å². The van der Waals surface area contributed by atoms with Crippen LogP contribution in [-0.2, 0) is 9.84 Å². The molecule has 0 radical (unpaired) electrons. The minimum absolute atomic E-state index is 0.0312. The Morgan fingerprint density at radius 3 is 2.48 bits per heavy atom. The first-order valence-corrected chi connectivity index (χ1v) is 7.90. The molecule has 0 saturated carbocycles. The zero-order valence-electron chi connectivity index (χ0n) is 11.5. The van der Waals surface area contributed by atoms with Crippen LogP contribution in [0.4, 0.5) is 4.39 Å². The van der Waals surface area contributed by atoms with Crippen LogP contribution in [0.3, 0.4) is 0 Å². The molecule has 110 valence electrons. The highest BCUT2D eigenvalue weighted by Crippen LogP contribution is 2.23. The molecule has 0 unspecified atom stereocenters. The highest BCUT2D eigenvalue weighted by atomic mass is 32.2. The molecule has 0 aromatic heterocycles. The second-order valence-corrected chi connectivity index (χ2v) is 6.49. The van der Waals surface area contributed by atoms with Gasteiger partial charge in [0, 0.05) is 11.8 Å². The summed E-state index contributed by atoms with van der Waals surface area (Å²) in [5.74, 6) is -0.846. The smallest absolute Gasteiger partial charge is 0.196 e. The molecular formula is C15H13FO4S. The standard InChI is InChI=1S/C15H13FO4S/c1-20-14-7-6-11(16)9-13(14)15(17)10-4-3-5-12(8-10)21(2,18)19/h3-9H,1-2H3. The topological polar surface area (TPSA) is 60.4 Å². The fraction of sp³-hybridized carbons (Fsp3) is 0.133. The quantitative estimate of drug-likeness (QED) is 0.814. The molecule has 0 saturated heterocycles. The maximum Gasteiger partial charge on any atom is 0.196 e. The van der Waals surface area contributed by atoms with Gasteiger partial charge in [-0.15, -0.1) is 0 Å². The average molecular weight is 308 g/mol. The Hall–Kier alpha value is -2.21. The number of halogens is 1. The SMILES string of the molecule is COc1ccc(F)cc1C(=O)c1cccc(S(C)(=O)=O)c1. The van der Waals surface area contributed by atoms with Crippen molar-refractivity contribution in [2.75, 3.05) is 13.4 Å². The monoisotopic (exact) mass is 308 g/mol. The van der Waals surface area contributed by atoms with Crippen molar-refractivity contribution in [3.05, 3.63) is 59.4 Å². The normalized spacial score (nSPS) is 11.2. The van der Waals surface area contributed by atoms with E-state index in [1.165, 1.54) is 43.5 Å². The maximum atomic E-state index is 13.3. The average Bonchev–Trinajstić information content (AvgIpc) is 2.45. The molecule has 0 fully saturated rings. The van der Waals surface area contributed by atoms with Gasteiger partial charge >= 0.3 is 0 Å². The Balaban J connectivity index is 2.53. The number of ether oxygens (including phenoxy) is 1. The Bertz CT molecular complexity index is 797. The molecule has 2 aromatic rings. The van der Waals surface area contributed by atoms with E-state index in [9.17, 15) is 17.6 Å². The van der Waals surface area contributed by atoms with Crippen LogP contribution in [-0.4, -0.2) is 27.6 Å². The van der Waals surface area contributed by atoms with Crippen molar-refractivity contribution in [2.24, 2.45) is 0 Å². The molecule has 4 nitrogen and oxygen atoms in total. The highest BCUT2D eigenvalue weighted by molar-refractivity contribution is 7.90. The number of benzene rings is 2. The lowest BCUT2D eigenvalue weighted by Gasteiger charge is -2.08. The Morgan fingerprint density at radius 2 is 1.86 bits per heavy atom. The third-order valence-corrected chi connectivity index (χ3v) is 4.04. The lowest BCUT2D eigenvalue weighted by atomic mass is 10.0. The van der Waals surface area contributed by atoms with Crippen molar-refractivity contribution in [3.63, 3.8) is 0 Å². The lowest BCUT2D eigenvalue weighted by molar-refractivity contribution is 0.103. The Labute approximate surface area is 122 Å². The van der Waals surface area contributed by atoms with Gasteiger partial charge in [-0.3, -0.25) is 4.79 Å². The number of sulfone groups is 1. The number of carbonyl (C=O) groups is 1. The van der Waals surface area contributed by atoms with E-state index in [2.05, 4.69) is 0 Å². The van der Waals surface area contributed by atoms with Gasteiger partial charge in [0.2, 0.25) is 0 Å². The van der Waals surface area contributed by atoms with Gasteiger partial charge in [0.25, 0.3) is 0 Å². The molecular weight excluding hydrogens is 295 g/mol. The fourth-order valence-corrected chi connectivity index (χ4v) is 2.55. The molecule has 0 aliphatic rings. The van der Waals surface area contributed by atoms with E-state index in [1.54, 1.807) is 0 Å². The largest absolute Gasteiger partial charge is 0.496 e. The Kier molecular flexibility index (Phi) is 4.09. The molecule has 2 rings (SSSR count). The van der Waals surface area contributed by atoms with Gasteiger partial charge in [-0.25, -0.2) is 12.8 Å². The van der Waals surface area contributed by atoms with E-state index in [0.717, 1.165) is 12.3 Å². The van der Waals surface area contributed by atoms with E-state index in [1.807, 2.05) is 0 Å². The second-order valence-electron chi connectivity index (χ2n) is 4.47. The second kappa shape index (κ2) is 5.65. The molecule has 0 aliphatic carbocycles. The number of ketones is 1. The number of hydrogen-bond acceptors (Lipinski definition) is 4.